The molecule has 3 unspecified atom stereocenters. The van der Waals surface area contributed by atoms with Crippen molar-refractivity contribution in [3.63, 3.8) is 0 Å². The molecule has 3 saturated heterocycles. The monoisotopic (exact) mass is 1330 g/mol. The summed E-state index contributed by atoms with van der Waals surface area (Å²) in [5.74, 6) is 2.04. The van der Waals surface area contributed by atoms with Gasteiger partial charge in [0.05, 0.1) is 6.20 Å². The molecule has 3 aliphatic heterocycles. The summed E-state index contributed by atoms with van der Waals surface area (Å²) < 4.78 is 5.93. The molecule has 5 N–H and O–H groups in total. The number of ketones is 2. The molecule has 20 nitrogen and oxygen atoms in total. The summed E-state index contributed by atoms with van der Waals surface area (Å²) in [6, 6.07) is 27.4. The standard InChI is InChI=1S/C26H36N4O2.C25H36N6O.C24H34N6OS/c1-4-5-8-20(15-21-17-27-23-10-7-6-9-22(21)23)16-24(31)25-18-28-26(32-25)30-13-11-29(12-14-30)19(2)3;1-4-5-8-19(15-20-17-26-22-10-7-6-9-21(20)22)16-23(32)24-27-25(29-28-24)31-13-11-30(12-14-31)18(2)3;1-4-5-8-19(15-18-16-25-21-10-7-6-9-20(18)21)26-22(31)23-27-28-24(32-23)30-13-11-29(12-14-30)17(2)3/h6-7,9-10,17-20,27H,4-5,8,11-16H2,1-3H3;6-7,9-10,17-19,26H,4-5,8,11-16H2,1-3H3,(H,27,28,29);6-7,9-10,16-17,19,25H,4-5,8,11-15H2,1-3H3,(H,26,31). The van der Waals surface area contributed by atoms with Gasteiger partial charge in [-0.25, -0.2) is 4.98 Å². The van der Waals surface area contributed by atoms with E-state index in [0.717, 1.165) is 177 Å². The number of oxazole rings is 1. The molecule has 0 spiro atoms. The van der Waals surface area contributed by atoms with Crippen molar-refractivity contribution in [1.29, 1.82) is 0 Å². The van der Waals surface area contributed by atoms with Gasteiger partial charge in [-0.3, -0.25) is 34.2 Å². The number of aromatic nitrogens is 9. The molecule has 516 valence electrons. The first kappa shape index (κ1) is 71.1. The number of carbonyl (C=O) groups excluding carboxylic acids is 3. The number of piperazine rings is 3. The fraction of sp³-hybridized carbons (Fsp3) is 0.547. The van der Waals surface area contributed by atoms with E-state index in [1.807, 2.05) is 18.2 Å². The van der Waals surface area contributed by atoms with E-state index >= 15 is 0 Å². The van der Waals surface area contributed by atoms with Crippen molar-refractivity contribution in [3.05, 3.63) is 131 Å². The molecule has 0 aliphatic carbocycles. The maximum atomic E-state index is 13.1. The van der Waals surface area contributed by atoms with Crippen molar-refractivity contribution >= 4 is 78.6 Å². The van der Waals surface area contributed by atoms with Crippen LogP contribution in [0.5, 0.6) is 0 Å². The van der Waals surface area contributed by atoms with Crippen LogP contribution in [0, 0.1) is 11.8 Å². The number of benzene rings is 3. The lowest BCUT2D eigenvalue weighted by molar-refractivity contribution is 0.0924. The molecular formula is C75H106N16O4S. The molecule has 0 bridgehead atoms. The second kappa shape index (κ2) is 35.0. The lowest BCUT2D eigenvalue weighted by Crippen LogP contribution is -2.49. The van der Waals surface area contributed by atoms with E-state index < -0.39 is 0 Å². The van der Waals surface area contributed by atoms with E-state index in [9.17, 15) is 14.4 Å². The van der Waals surface area contributed by atoms with Crippen molar-refractivity contribution in [2.45, 2.75) is 176 Å². The van der Waals surface area contributed by atoms with Gasteiger partial charge in [-0.05, 0) is 127 Å². The highest BCUT2D eigenvalue weighted by atomic mass is 32.1. The zero-order valence-corrected chi connectivity index (χ0v) is 59.4. The van der Waals surface area contributed by atoms with Crippen molar-refractivity contribution in [2.75, 3.05) is 93.2 Å². The van der Waals surface area contributed by atoms with Crippen LogP contribution in [0.1, 0.15) is 181 Å². The van der Waals surface area contributed by atoms with Crippen LogP contribution in [-0.4, -0.2) is 180 Å². The molecule has 9 aromatic rings. The Morgan fingerprint density at radius 3 is 1.48 bits per heavy atom. The molecule has 21 heteroatoms. The van der Waals surface area contributed by atoms with E-state index in [4.69, 9.17) is 4.42 Å². The first-order chi connectivity index (χ1) is 46.6. The van der Waals surface area contributed by atoms with Gasteiger partial charge in [-0.2, -0.15) is 4.98 Å². The average Bonchev–Trinajstić information content (AvgIpc) is 1.78. The first-order valence-electron chi connectivity index (χ1n) is 35.9. The third kappa shape index (κ3) is 19.1. The Kier molecular flexibility index (Phi) is 25.9. The molecule has 3 aliphatic rings. The third-order valence-corrected chi connectivity index (χ3v) is 20.7. The molecule has 12 rings (SSSR count). The highest BCUT2D eigenvalue weighted by molar-refractivity contribution is 7.17. The molecule has 6 aromatic heterocycles. The van der Waals surface area contributed by atoms with Crippen molar-refractivity contribution in [1.82, 2.24) is 65.3 Å². The van der Waals surface area contributed by atoms with Gasteiger partial charge in [0.15, 0.2) is 23.2 Å². The fourth-order valence-electron chi connectivity index (χ4n) is 13.8. The number of Topliss-reactive ketones (excluding diaryl/α,β-unsaturated/α-hetero) is 2. The molecule has 3 atom stereocenters. The molecule has 96 heavy (non-hydrogen) atoms. The number of rotatable bonds is 29. The Balaban J connectivity index is 0.000000157. The Bertz CT molecular complexity index is 3440. The quantitative estimate of drug-likeness (QED) is 0.0275. The topological polar surface area (TPSA) is 223 Å². The van der Waals surface area contributed by atoms with E-state index in [-0.39, 0.29) is 23.5 Å². The second-order valence-corrected chi connectivity index (χ2v) is 28.5. The fourth-order valence-corrected chi connectivity index (χ4v) is 14.6. The van der Waals surface area contributed by atoms with Crippen LogP contribution in [-0.2, 0) is 19.3 Å². The van der Waals surface area contributed by atoms with Crippen LogP contribution in [0.15, 0.2) is 102 Å². The van der Waals surface area contributed by atoms with Gasteiger partial charge < -0.3 is 39.4 Å². The van der Waals surface area contributed by atoms with Crippen molar-refractivity contribution in [3.8, 4) is 0 Å². The van der Waals surface area contributed by atoms with E-state index in [2.05, 4.69) is 216 Å². The average molecular weight is 1330 g/mol. The minimum atomic E-state index is -0.115. The highest BCUT2D eigenvalue weighted by Gasteiger charge is 2.29. The molecule has 1 amide bonds. The van der Waals surface area contributed by atoms with E-state index in [1.165, 1.54) is 44.2 Å². The summed E-state index contributed by atoms with van der Waals surface area (Å²) in [6.07, 6.45) is 21.2. The van der Waals surface area contributed by atoms with Gasteiger partial charge in [-0.1, -0.05) is 125 Å². The SMILES string of the molecule is CCCCC(CC(=O)c1cnc(N2CCN(C(C)C)CC2)o1)Cc1c[nH]c2ccccc12.CCCCC(CC(=O)c1nc(N2CCN(C(C)C)CC2)n[nH]1)Cc1c[nH]c2ccccc12.CCCCC(Cc1c[nH]c2ccccc12)NC(=O)c1nnc(N2CCN(C(C)C)CC2)s1. The van der Waals surface area contributed by atoms with Crippen LogP contribution in [0.2, 0.25) is 0 Å². The molecule has 0 radical (unpaired) electrons. The summed E-state index contributed by atoms with van der Waals surface area (Å²) in [5, 5.41) is 24.1. The summed E-state index contributed by atoms with van der Waals surface area (Å²) in [6.45, 7) is 31.4. The Morgan fingerprint density at radius 2 is 0.990 bits per heavy atom. The van der Waals surface area contributed by atoms with Crippen molar-refractivity contribution in [2.24, 2.45) is 11.8 Å². The number of amides is 1. The number of fused-ring (bicyclic) bond motifs is 3. The van der Waals surface area contributed by atoms with Gasteiger partial charge in [0.25, 0.3) is 11.9 Å². The number of para-hydroxylation sites is 3. The summed E-state index contributed by atoms with van der Waals surface area (Å²) in [4.78, 5) is 72.2. The van der Waals surface area contributed by atoms with Gasteiger partial charge in [0.2, 0.25) is 16.1 Å². The number of anilines is 3. The Hall–Kier alpha value is -7.72. The minimum Gasteiger partial charge on any atom is -0.420 e. The lowest BCUT2D eigenvalue weighted by Gasteiger charge is -2.36. The van der Waals surface area contributed by atoms with Gasteiger partial charge in [0, 0.05) is 167 Å². The molecule has 3 aromatic carbocycles. The van der Waals surface area contributed by atoms with Crippen LogP contribution >= 0.6 is 11.3 Å². The maximum Gasteiger partial charge on any atom is 0.297 e. The first-order valence-corrected chi connectivity index (χ1v) is 36.7. The normalized spacial score (nSPS) is 16.1. The molecular weight excluding hydrogens is 1220 g/mol. The number of hydrogen-bond donors (Lipinski definition) is 5. The summed E-state index contributed by atoms with van der Waals surface area (Å²) in [7, 11) is 0. The summed E-state index contributed by atoms with van der Waals surface area (Å²) >= 11 is 1.40. The Labute approximate surface area is 572 Å². The number of unbranched alkanes of at least 4 members (excludes halogenated alkanes) is 3. The lowest BCUT2D eigenvalue weighted by atomic mass is 9.89. The number of aromatic amines is 4. The van der Waals surface area contributed by atoms with Crippen LogP contribution < -0.4 is 20.0 Å². The number of nitrogens with one attached hydrogen (secondary N) is 5. The largest absolute Gasteiger partial charge is 0.420 e. The van der Waals surface area contributed by atoms with Gasteiger partial charge in [-0.15, -0.1) is 15.3 Å². The van der Waals surface area contributed by atoms with Crippen LogP contribution in [0.4, 0.5) is 17.1 Å². The van der Waals surface area contributed by atoms with Crippen LogP contribution in [0.25, 0.3) is 32.7 Å². The number of hydrogen-bond acceptors (Lipinski definition) is 16. The smallest absolute Gasteiger partial charge is 0.297 e. The molecule has 9 heterocycles. The predicted molar refractivity (Wildman–Crippen MR) is 390 cm³/mol. The predicted octanol–water partition coefficient (Wildman–Crippen LogP) is 13.8. The number of carbonyl (C=O) groups is 3. The van der Waals surface area contributed by atoms with E-state index in [1.54, 1.807) is 6.20 Å². The zero-order valence-electron chi connectivity index (χ0n) is 58.5. The molecule has 3 fully saturated rings. The van der Waals surface area contributed by atoms with Crippen LogP contribution in [0.3, 0.4) is 0 Å². The highest BCUT2D eigenvalue weighted by Crippen LogP contribution is 2.30. The summed E-state index contributed by atoms with van der Waals surface area (Å²) in [5.41, 5.74) is 7.25. The number of nitrogens with zero attached hydrogens (tertiary/aromatic N) is 11. The molecule has 0 saturated carbocycles. The maximum absolute atomic E-state index is 13.1. The van der Waals surface area contributed by atoms with E-state index in [0.29, 0.717) is 71.4 Å². The minimum absolute atomic E-state index is 0.0607. The van der Waals surface area contributed by atoms with Crippen molar-refractivity contribution < 1.29 is 18.8 Å². The third-order valence-electron chi connectivity index (χ3n) is 19.7. The van der Waals surface area contributed by atoms with Gasteiger partial charge in [0.1, 0.15) is 0 Å². The Morgan fingerprint density at radius 1 is 0.542 bits per heavy atom. The second-order valence-electron chi connectivity index (χ2n) is 27.5. The zero-order chi connectivity index (χ0) is 67.5. The number of H-pyrrole nitrogens is 4. The van der Waals surface area contributed by atoms with Gasteiger partial charge >= 0.3 is 0 Å².